The molecule has 5 nitrogen and oxygen atoms in total. The molecule has 0 saturated carbocycles. The fraction of sp³-hybridized carbons (Fsp3) is 0.125. The van der Waals surface area contributed by atoms with Crippen LogP contribution >= 0.6 is 0 Å². The minimum Gasteiger partial charge on any atom is -0.489 e. The van der Waals surface area contributed by atoms with E-state index in [1.807, 2.05) is 30.3 Å². The molecule has 2 aromatic rings. The zero-order valence-corrected chi connectivity index (χ0v) is 11.2. The van der Waals surface area contributed by atoms with Gasteiger partial charge in [0.2, 0.25) is 0 Å². The molecule has 0 heterocycles. The van der Waals surface area contributed by atoms with E-state index in [-0.39, 0.29) is 17.5 Å². The summed E-state index contributed by atoms with van der Waals surface area (Å²) < 4.78 is 5.53. The zero-order valence-electron chi connectivity index (χ0n) is 11.2. The van der Waals surface area contributed by atoms with E-state index in [4.69, 9.17) is 14.9 Å². The van der Waals surface area contributed by atoms with E-state index < -0.39 is 11.9 Å². The molecular formula is C16H14O5. The molecule has 0 aliphatic rings. The highest BCUT2D eigenvalue weighted by Gasteiger charge is 2.14. The number of carboxylic acid groups (broad SMARTS) is 2. The second kappa shape index (κ2) is 6.56. The number of carbonyl (C=O) groups is 2. The van der Waals surface area contributed by atoms with Gasteiger partial charge in [-0.1, -0.05) is 36.4 Å². The van der Waals surface area contributed by atoms with Gasteiger partial charge < -0.3 is 14.9 Å². The molecule has 21 heavy (non-hydrogen) atoms. The average molecular weight is 286 g/mol. The minimum absolute atomic E-state index is 0.0528. The summed E-state index contributed by atoms with van der Waals surface area (Å²) >= 11 is 0. The Morgan fingerprint density at radius 1 is 1.00 bits per heavy atom. The van der Waals surface area contributed by atoms with Crippen molar-refractivity contribution < 1.29 is 24.5 Å². The molecule has 0 saturated heterocycles. The van der Waals surface area contributed by atoms with Gasteiger partial charge in [0.1, 0.15) is 12.4 Å². The Morgan fingerprint density at radius 2 is 1.71 bits per heavy atom. The maximum absolute atomic E-state index is 11.2. The number of aromatic carboxylic acids is 1. The molecule has 0 radical (unpaired) electrons. The standard InChI is InChI=1S/C16H14O5/c17-15(18)8-12-6-7-13(9-14(12)16(19)20)21-10-11-4-2-1-3-5-11/h1-7,9H,8,10H2,(H,17,18)(H,19,20). The number of rotatable bonds is 6. The first kappa shape index (κ1) is 14.6. The molecular weight excluding hydrogens is 272 g/mol. The molecule has 0 atom stereocenters. The van der Waals surface area contributed by atoms with Crippen molar-refractivity contribution in [3.05, 3.63) is 65.2 Å². The molecule has 0 aliphatic carbocycles. The Hall–Kier alpha value is -2.82. The van der Waals surface area contributed by atoms with E-state index in [1.165, 1.54) is 12.1 Å². The van der Waals surface area contributed by atoms with Crippen molar-refractivity contribution >= 4 is 11.9 Å². The number of hydrogen-bond acceptors (Lipinski definition) is 3. The van der Waals surface area contributed by atoms with Crippen molar-refractivity contribution in [1.82, 2.24) is 0 Å². The van der Waals surface area contributed by atoms with Crippen LogP contribution in [0.1, 0.15) is 21.5 Å². The Kier molecular flexibility index (Phi) is 4.56. The smallest absolute Gasteiger partial charge is 0.336 e. The largest absolute Gasteiger partial charge is 0.489 e. The Balaban J connectivity index is 2.16. The van der Waals surface area contributed by atoms with Gasteiger partial charge in [-0.3, -0.25) is 4.79 Å². The molecule has 0 aromatic heterocycles. The Labute approximate surface area is 121 Å². The summed E-state index contributed by atoms with van der Waals surface area (Å²) in [6.07, 6.45) is -0.333. The van der Waals surface area contributed by atoms with Crippen LogP contribution in [0.2, 0.25) is 0 Å². The minimum atomic E-state index is -1.17. The highest BCUT2D eigenvalue weighted by atomic mass is 16.5. The summed E-state index contributed by atoms with van der Waals surface area (Å²) in [6, 6.07) is 13.9. The van der Waals surface area contributed by atoms with Gasteiger partial charge in [-0.05, 0) is 23.3 Å². The third kappa shape index (κ3) is 4.07. The van der Waals surface area contributed by atoms with Gasteiger partial charge >= 0.3 is 11.9 Å². The molecule has 0 spiro atoms. The van der Waals surface area contributed by atoms with Crippen molar-refractivity contribution in [1.29, 1.82) is 0 Å². The first-order valence-corrected chi connectivity index (χ1v) is 6.31. The molecule has 2 N–H and O–H groups in total. The lowest BCUT2D eigenvalue weighted by molar-refractivity contribution is -0.136. The topological polar surface area (TPSA) is 83.8 Å². The lowest BCUT2D eigenvalue weighted by atomic mass is 10.0. The summed E-state index contributed by atoms with van der Waals surface area (Å²) in [6.45, 7) is 0.318. The quantitative estimate of drug-likeness (QED) is 0.852. The van der Waals surface area contributed by atoms with Gasteiger partial charge in [-0.15, -0.1) is 0 Å². The van der Waals surface area contributed by atoms with Gasteiger partial charge in [0.15, 0.2) is 0 Å². The second-order valence-electron chi connectivity index (χ2n) is 4.47. The third-order valence-electron chi connectivity index (χ3n) is 2.90. The summed E-state index contributed by atoms with van der Waals surface area (Å²) in [5.74, 6) is -1.85. The van der Waals surface area contributed by atoms with Crippen molar-refractivity contribution in [2.24, 2.45) is 0 Å². The SMILES string of the molecule is O=C(O)Cc1ccc(OCc2ccccc2)cc1C(=O)O. The van der Waals surface area contributed by atoms with Crippen LogP contribution < -0.4 is 4.74 Å². The van der Waals surface area contributed by atoms with E-state index in [9.17, 15) is 9.59 Å². The first-order valence-electron chi connectivity index (χ1n) is 6.31. The van der Waals surface area contributed by atoms with Crippen LogP contribution in [0.3, 0.4) is 0 Å². The van der Waals surface area contributed by atoms with Crippen molar-refractivity contribution in [3.63, 3.8) is 0 Å². The summed E-state index contributed by atoms with van der Waals surface area (Å²) in [5.41, 5.74) is 1.16. The maximum Gasteiger partial charge on any atom is 0.336 e. The third-order valence-corrected chi connectivity index (χ3v) is 2.90. The van der Waals surface area contributed by atoms with Crippen molar-refractivity contribution in [3.8, 4) is 5.75 Å². The molecule has 0 aliphatic heterocycles. The van der Waals surface area contributed by atoms with E-state index in [1.54, 1.807) is 6.07 Å². The lowest BCUT2D eigenvalue weighted by Gasteiger charge is -2.09. The fourth-order valence-electron chi connectivity index (χ4n) is 1.90. The van der Waals surface area contributed by atoms with Crippen LogP contribution in [0.4, 0.5) is 0 Å². The number of carboxylic acids is 2. The predicted octanol–water partition coefficient (Wildman–Crippen LogP) is 2.59. The normalized spacial score (nSPS) is 10.1. The van der Waals surface area contributed by atoms with Gasteiger partial charge in [-0.2, -0.15) is 0 Å². The molecule has 0 fully saturated rings. The summed E-state index contributed by atoms with van der Waals surface area (Å²) in [4.78, 5) is 21.9. The average Bonchev–Trinajstić information content (AvgIpc) is 2.46. The van der Waals surface area contributed by atoms with Gasteiger partial charge in [-0.25, -0.2) is 4.79 Å². The van der Waals surface area contributed by atoms with Crippen LogP contribution in [0.5, 0.6) is 5.75 Å². The van der Waals surface area contributed by atoms with Crippen LogP contribution in [0.25, 0.3) is 0 Å². The molecule has 0 unspecified atom stereocenters. The van der Waals surface area contributed by atoms with Gasteiger partial charge in [0, 0.05) is 0 Å². The van der Waals surface area contributed by atoms with Crippen molar-refractivity contribution in [2.45, 2.75) is 13.0 Å². The predicted molar refractivity (Wildman–Crippen MR) is 75.5 cm³/mol. The fourth-order valence-corrected chi connectivity index (χ4v) is 1.90. The van der Waals surface area contributed by atoms with Crippen LogP contribution in [0, 0.1) is 0 Å². The molecule has 0 amide bonds. The number of ether oxygens (including phenoxy) is 1. The van der Waals surface area contributed by atoms with E-state index >= 15 is 0 Å². The Bertz CT molecular complexity index is 649. The number of aliphatic carboxylic acids is 1. The van der Waals surface area contributed by atoms with E-state index in [0.717, 1.165) is 5.56 Å². The zero-order chi connectivity index (χ0) is 15.2. The molecule has 0 bridgehead atoms. The Morgan fingerprint density at radius 3 is 2.33 bits per heavy atom. The second-order valence-corrected chi connectivity index (χ2v) is 4.47. The first-order chi connectivity index (χ1) is 10.1. The lowest BCUT2D eigenvalue weighted by Crippen LogP contribution is -2.08. The molecule has 108 valence electrons. The highest BCUT2D eigenvalue weighted by molar-refractivity contribution is 5.91. The van der Waals surface area contributed by atoms with Crippen LogP contribution in [0.15, 0.2) is 48.5 Å². The van der Waals surface area contributed by atoms with Gasteiger partial charge in [0.05, 0.1) is 12.0 Å². The van der Waals surface area contributed by atoms with Crippen LogP contribution in [-0.4, -0.2) is 22.2 Å². The monoisotopic (exact) mass is 286 g/mol. The number of benzene rings is 2. The number of hydrogen-bond donors (Lipinski definition) is 2. The highest BCUT2D eigenvalue weighted by Crippen LogP contribution is 2.20. The summed E-state index contributed by atoms with van der Waals surface area (Å²) in [7, 11) is 0. The van der Waals surface area contributed by atoms with E-state index in [2.05, 4.69) is 0 Å². The van der Waals surface area contributed by atoms with Crippen LogP contribution in [-0.2, 0) is 17.8 Å². The molecule has 5 heteroatoms. The molecule has 2 rings (SSSR count). The summed E-state index contributed by atoms with van der Waals surface area (Å²) in [5, 5.41) is 17.9. The maximum atomic E-state index is 11.2. The molecule has 2 aromatic carbocycles. The van der Waals surface area contributed by atoms with Crippen molar-refractivity contribution in [2.75, 3.05) is 0 Å². The van der Waals surface area contributed by atoms with Gasteiger partial charge in [0.25, 0.3) is 0 Å². The van der Waals surface area contributed by atoms with E-state index in [0.29, 0.717) is 12.4 Å².